The van der Waals surface area contributed by atoms with Gasteiger partial charge in [0.2, 0.25) is 0 Å². The fourth-order valence-electron chi connectivity index (χ4n) is 1.73. The third-order valence-electron chi connectivity index (χ3n) is 2.79. The van der Waals surface area contributed by atoms with Gasteiger partial charge in [0.15, 0.2) is 5.60 Å². The Kier molecular flexibility index (Phi) is 4.20. The predicted molar refractivity (Wildman–Crippen MR) is 59.5 cm³/mol. The van der Waals surface area contributed by atoms with E-state index in [2.05, 4.69) is 0 Å². The number of ether oxygens (including phenoxy) is 1. The van der Waals surface area contributed by atoms with Crippen LogP contribution in [0.5, 0.6) is 0 Å². The Morgan fingerprint density at radius 2 is 2.17 bits per heavy atom. The van der Waals surface area contributed by atoms with E-state index >= 15 is 0 Å². The van der Waals surface area contributed by atoms with E-state index in [0.717, 1.165) is 6.08 Å². The maximum Gasteiger partial charge on any atom is 0.340 e. The normalized spacial score (nSPS) is 23.8. The lowest BCUT2D eigenvalue weighted by atomic mass is 9.82. The highest BCUT2D eigenvalue weighted by Crippen LogP contribution is 2.37. The summed E-state index contributed by atoms with van der Waals surface area (Å²) in [6.45, 7) is 1.20. The number of rotatable bonds is 5. The van der Waals surface area contributed by atoms with E-state index in [1.807, 2.05) is 0 Å². The minimum Gasteiger partial charge on any atom is -0.479 e. The Morgan fingerprint density at radius 3 is 2.61 bits per heavy atom. The molecule has 1 aliphatic carbocycles. The van der Waals surface area contributed by atoms with Gasteiger partial charge in [-0.25, -0.2) is 14.0 Å². The molecule has 0 heterocycles. The second kappa shape index (κ2) is 5.28. The SMILES string of the molecule is CC1=C(F)C=C(C(=O)O)CC1(OCCN)C(=O)O. The van der Waals surface area contributed by atoms with Gasteiger partial charge in [0.25, 0.3) is 0 Å². The van der Waals surface area contributed by atoms with Gasteiger partial charge in [0.05, 0.1) is 6.61 Å². The maximum atomic E-state index is 13.6. The number of aliphatic carboxylic acids is 2. The van der Waals surface area contributed by atoms with Gasteiger partial charge in [0.1, 0.15) is 5.83 Å². The molecule has 0 saturated carbocycles. The van der Waals surface area contributed by atoms with Crippen LogP contribution in [0.4, 0.5) is 4.39 Å². The molecule has 7 heteroatoms. The maximum absolute atomic E-state index is 13.6. The molecule has 0 aromatic heterocycles. The van der Waals surface area contributed by atoms with Crippen molar-refractivity contribution < 1.29 is 28.9 Å². The zero-order valence-corrected chi connectivity index (χ0v) is 9.77. The van der Waals surface area contributed by atoms with Crippen LogP contribution in [0.15, 0.2) is 23.0 Å². The van der Waals surface area contributed by atoms with E-state index < -0.39 is 29.8 Å². The lowest BCUT2D eigenvalue weighted by Gasteiger charge is -2.33. The van der Waals surface area contributed by atoms with Crippen molar-refractivity contribution in [1.82, 2.24) is 0 Å². The average Bonchev–Trinajstić information content (AvgIpc) is 2.30. The van der Waals surface area contributed by atoms with Crippen molar-refractivity contribution in [2.45, 2.75) is 18.9 Å². The van der Waals surface area contributed by atoms with E-state index in [1.165, 1.54) is 6.92 Å². The summed E-state index contributed by atoms with van der Waals surface area (Å²) in [5.74, 6) is -3.71. The molecule has 0 aliphatic heterocycles. The summed E-state index contributed by atoms with van der Waals surface area (Å²) in [4.78, 5) is 22.2. The summed E-state index contributed by atoms with van der Waals surface area (Å²) in [5.41, 5.74) is 2.72. The number of hydrogen-bond acceptors (Lipinski definition) is 4. The summed E-state index contributed by atoms with van der Waals surface area (Å²) in [5, 5.41) is 18.1. The molecular formula is C11H14FNO5. The summed E-state index contributed by atoms with van der Waals surface area (Å²) in [7, 11) is 0. The van der Waals surface area contributed by atoms with Crippen LogP contribution >= 0.6 is 0 Å². The van der Waals surface area contributed by atoms with Crippen LogP contribution in [0.25, 0.3) is 0 Å². The van der Waals surface area contributed by atoms with Crippen LogP contribution in [-0.4, -0.2) is 40.9 Å². The molecular weight excluding hydrogens is 245 g/mol. The molecule has 0 spiro atoms. The van der Waals surface area contributed by atoms with E-state index in [4.69, 9.17) is 15.6 Å². The summed E-state index contributed by atoms with van der Waals surface area (Å²) in [6, 6.07) is 0. The summed E-state index contributed by atoms with van der Waals surface area (Å²) >= 11 is 0. The van der Waals surface area contributed by atoms with Gasteiger partial charge in [-0.3, -0.25) is 0 Å². The molecule has 100 valence electrons. The molecule has 1 rings (SSSR count). The predicted octanol–water partition coefficient (Wildman–Crippen LogP) is 0.443. The van der Waals surface area contributed by atoms with Crippen molar-refractivity contribution in [2.75, 3.05) is 13.2 Å². The smallest absolute Gasteiger partial charge is 0.340 e. The Labute approximate surface area is 103 Å². The van der Waals surface area contributed by atoms with Crippen LogP contribution < -0.4 is 5.73 Å². The molecule has 1 unspecified atom stereocenters. The molecule has 0 aromatic carbocycles. The summed E-state index contributed by atoms with van der Waals surface area (Å²) in [6.07, 6.45) is 0.377. The molecule has 0 saturated heterocycles. The molecule has 1 aliphatic rings. The van der Waals surface area contributed by atoms with E-state index in [0.29, 0.717) is 0 Å². The van der Waals surface area contributed by atoms with Crippen molar-refractivity contribution in [3.05, 3.63) is 23.0 Å². The Morgan fingerprint density at radius 1 is 1.56 bits per heavy atom. The number of allylic oxidation sites excluding steroid dienone is 2. The second-order valence-corrected chi connectivity index (χ2v) is 3.89. The quantitative estimate of drug-likeness (QED) is 0.661. The first-order valence-electron chi connectivity index (χ1n) is 5.23. The summed E-state index contributed by atoms with van der Waals surface area (Å²) < 4.78 is 18.8. The van der Waals surface area contributed by atoms with Crippen molar-refractivity contribution in [1.29, 1.82) is 0 Å². The minimum atomic E-state index is -1.99. The van der Waals surface area contributed by atoms with Crippen LogP contribution in [0.3, 0.4) is 0 Å². The Bertz CT molecular complexity index is 443. The molecule has 6 nitrogen and oxygen atoms in total. The zero-order chi connectivity index (χ0) is 13.9. The van der Waals surface area contributed by atoms with Gasteiger partial charge in [0, 0.05) is 24.1 Å². The Balaban J connectivity index is 3.24. The molecule has 0 radical (unpaired) electrons. The highest BCUT2D eigenvalue weighted by Gasteiger charge is 2.47. The van der Waals surface area contributed by atoms with Crippen molar-refractivity contribution in [3.63, 3.8) is 0 Å². The first kappa shape index (κ1) is 14.3. The zero-order valence-electron chi connectivity index (χ0n) is 9.77. The van der Waals surface area contributed by atoms with Gasteiger partial charge in [-0.15, -0.1) is 0 Å². The van der Waals surface area contributed by atoms with Crippen molar-refractivity contribution in [2.24, 2.45) is 5.73 Å². The number of carboxylic acids is 2. The van der Waals surface area contributed by atoms with Gasteiger partial charge in [-0.05, 0) is 13.0 Å². The Hall–Kier alpha value is -1.73. The minimum absolute atomic E-state index is 0.0516. The van der Waals surface area contributed by atoms with E-state index in [-0.39, 0.29) is 24.3 Å². The largest absolute Gasteiger partial charge is 0.479 e. The molecule has 0 bridgehead atoms. The standard InChI is InChI=1S/C11H14FNO5/c1-6-8(12)4-7(9(14)15)5-11(6,10(16)17)18-3-2-13/h4H,2-3,5,13H2,1H3,(H,14,15)(H,16,17). The number of hydrogen-bond donors (Lipinski definition) is 3. The second-order valence-electron chi connectivity index (χ2n) is 3.89. The fraction of sp³-hybridized carbons (Fsp3) is 0.455. The molecule has 1 atom stereocenters. The van der Waals surface area contributed by atoms with Crippen molar-refractivity contribution in [3.8, 4) is 0 Å². The third-order valence-corrected chi connectivity index (χ3v) is 2.79. The molecule has 0 aromatic rings. The van der Waals surface area contributed by atoms with E-state index in [9.17, 15) is 19.1 Å². The number of carbonyl (C=O) groups is 2. The van der Waals surface area contributed by atoms with Crippen LogP contribution in [0.1, 0.15) is 13.3 Å². The highest BCUT2D eigenvalue weighted by molar-refractivity contribution is 5.92. The first-order chi connectivity index (χ1) is 8.35. The first-order valence-corrected chi connectivity index (χ1v) is 5.23. The van der Waals surface area contributed by atoms with E-state index in [1.54, 1.807) is 0 Å². The lowest BCUT2D eigenvalue weighted by molar-refractivity contribution is -0.161. The number of halogens is 1. The van der Waals surface area contributed by atoms with Gasteiger partial charge in [-0.1, -0.05) is 0 Å². The lowest BCUT2D eigenvalue weighted by Crippen LogP contribution is -2.46. The van der Waals surface area contributed by atoms with Crippen LogP contribution in [0.2, 0.25) is 0 Å². The molecule has 18 heavy (non-hydrogen) atoms. The van der Waals surface area contributed by atoms with Gasteiger partial charge >= 0.3 is 11.9 Å². The number of carboxylic acid groups (broad SMARTS) is 2. The number of nitrogens with two attached hydrogens (primary N) is 1. The van der Waals surface area contributed by atoms with Crippen LogP contribution in [0, 0.1) is 0 Å². The van der Waals surface area contributed by atoms with Gasteiger partial charge < -0.3 is 20.7 Å². The fourth-order valence-corrected chi connectivity index (χ4v) is 1.73. The van der Waals surface area contributed by atoms with Crippen LogP contribution in [-0.2, 0) is 14.3 Å². The average molecular weight is 259 g/mol. The monoisotopic (exact) mass is 259 g/mol. The molecule has 0 amide bonds. The van der Waals surface area contributed by atoms with Crippen molar-refractivity contribution >= 4 is 11.9 Å². The van der Waals surface area contributed by atoms with Gasteiger partial charge in [-0.2, -0.15) is 0 Å². The topological polar surface area (TPSA) is 110 Å². The highest BCUT2D eigenvalue weighted by atomic mass is 19.1. The third kappa shape index (κ3) is 2.41. The molecule has 4 N–H and O–H groups in total. The molecule has 0 fully saturated rings.